The molecule has 0 aliphatic rings. The van der Waals surface area contributed by atoms with E-state index in [1.165, 1.54) is 13.3 Å². The van der Waals surface area contributed by atoms with Gasteiger partial charge >= 0.3 is 12.0 Å². The van der Waals surface area contributed by atoms with Crippen LogP contribution in [0.15, 0.2) is 6.33 Å². The highest BCUT2D eigenvalue weighted by molar-refractivity contribution is 5.74. The summed E-state index contributed by atoms with van der Waals surface area (Å²) in [5.74, 6) is -0.644. The minimum Gasteiger partial charge on any atom is -0.481 e. The molecule has 1 aromatic heterocycles. The van der Waals surface area contributed by atoms with Crippen molar-refractivity contribution in [1.29, 1.82) is 0 Å². The smallest absolute Gasteiger partial charge is 0.315 e. The fraction of sp³-hybridized carbons (Fsp3) is 0.600. The van der Waals surface area contributed by atoms with E-state index in [1.54, 1.807) is 6.92 Å². The molecule has 106 valence electrons. The number of hydrogen-bond donors (Lipinski definition) is 5. The van der Waals surface area contributed by atoms with Gasteiger partial charge in [-0.05, 0) is 13.8 Å². The van der Waals surface area contributed by atoms with Gasteiger partial charge in [0.05, 0.1) is 18.1 Å². The predicted molar refractivity (Wildman–Crippen MR) is 64.2 cm³/mol. The van der Waals surface area contributed by atoms with Crippen LogP contribution in [-0.4, -0.2) is 49.5 Å². The van der Waals surface area contributed by atoms with Crippen LogP contribution in [0.5, 0.6) is 0 Å². The minimum atomic E-state index is -1.50. The van der Waals surface area contributed by atoms with Gasteiger partial charge < -0.3 is 20.8 Å². The van der Waals surface area contributed by atoms with Crippen molar-refractivity contribution in [3.05, 3.63) is 12.2 Å². The normalized spacial score (nSPS) is 15.3. The molecule has 0 bridgehead atoms. The van der Waals surface area contributed by atoms with Gasteiger partial charge in [0, 0.05) is 6.54 Å². The second-order valence-electron chi connectivity index (χ2n) is 4.49. The first-order valence-electron chi connectivity index (χ1n) is 5.64. The molecule has 0 saturated carbocycles. The molecule has 9 heteroatoms. The van der Waals surface area contributed by atoms with E-state index in [9.17, 15) is 14.7 Å². The monoisotopic (exact) mass is 271 g/mol. The number of aromatic amines is 1. The zero-order chi connectivity index (χ0) is 14.5. The molecule has 2 amide bonds. The number of amides is 2. The summed E-state index contributed by atoms with van der Waals surface area (Å²) >= 11 is 0. The number of rotatable bonds is 6. The van der Waals surface area contributed by atoms with Gasteiger partial charge in [0.2, 0.25) is 0 Å². The summed E-state index contributed by atoms with van der Waals surface area (Å²) in [4.78, 5) is 25.9. The molecule has 1 heterocycles. The van der Waals surface area contributed by atoms with Gasteiger partial charge in [-0.2, -0.15) is 5.10 Å². The molecule has 9 nitrogen and oxygen atoms in total. The summed E-state index contributed by atoms with van der Waals surface area (Å²) in [5.41, 5.74) is -1.50. The Balaban J connectivity index is 2.37. The van der Waals surface area contributed by atoms with Crippen molar-refractivity contribution in [1.82, 2.24) is 25.8 Å². The first-order valence-corrected chi connectivity index (χ1v) is 5.64. The SMILES string of the molecule is CC(NC(=O)NCC(C)(O)CC(=O)O)c1ncn[nH]1. The molecule has 19 heavy (non-hydrogen) atoms. The van der Waals surface area contributed by atoms with Crippen LogP contribution in [0.25, 0.3) is 0 Å². The Bertz CT molecular complexity index is 431. The largest absolute Gasteiger partial charge is 0.481 e. The number of nitrogens with zero attached hydrogens (tertiary/aromatic N) is 2. The van der Waals surface area contributed by atoms with Crippen molar-refractivity contribution in [2.75, 3.05) is 6.54 Å². The Labute approximate surface area is 109 Å². The van der Waals surface area contributed by atoms with E-state index in [-0.39, 0.29) is 12.6 Å². The van der Waals surface area contributed by atoms with Crippen LogP contribution in [0.2, 0.25) is 0 Å². The van der Waals surface area contributed by atoms with Crippen LogP contribution in [0.1, 0.15) is 32.1 Å². The standard InChI is InChI=1S/C10H17N5O4/c1-6(8-12-5-13-15-8)14-9(18)11-4-10(2,19)3-7(16)17/h5-6,19H,3-4H2,1-2H3,(H,16,17)(H2,11,14,18)(H,12,13,15). The van der Waals surface area contributed by atoms with Gasteiger partial charge in [0.1, 0.15) is 12.2 Å². The summed E-state index contributed by atoms with van der Waals surface area (Å²) in [6, 6.07) is -0.915. The fourth-order valence-corrected chi connectivity index (χ4v) is 1.40. The summed E-state index contributed by atoms with van der Waals surface area (Å²) in [5, 5.41) is 29.5. The van der Waals surface area contributed by atoms with Gasteiger partial charge in [0.25, 0.3) is 0 Å². The highest BCUT2D eigenvalue weighted by atomic mass is 16.4. The summed E-state index contributed by atoms with van der Waals surface area (Å²) < 4.78 is 0. The average Bonchev–Trinajstić information content (AvgIpc) is 2.78. The molecule has 0 radical (unpaired) electrons. The van der Waals surface area contributed by atoms with Crippen molar-refractivity contribution in [3.63, 3.8) is 0 Å². The topological polar surface area (TPSA) is 140 Å². The maximum Gasteiger partial charge on any atom is 0.315 e. The third-order valence-electron chi connectivity index (χ3n) is 2.35. The molecule has 0 saturated heterocycles. The van der Waals surface area contributed by atoms with E-state index in [2.05, 4.69) is 25.8 Å². The van der Waals surface area contributed by atoms with E-state index in [0.29, 0.717) is 5.82 Å². The molecule has 5 N–H and O–H groups in total. The van der Waals surface area contributed by atoms with Gasteiger partial charge in [-0.3, -0.25) is 9.89 Å². The van der Waals surface area contributed by atoms with Crippen molar-refractivity contribution >= 4 is 12.0 Å². The lowest BCUT2D eigenvalue weighted by Crippen LogP contribution is -2.46. The Kier molecular flexibility index (Phi) is 4.81. The highest BCUT2D eigenvalue weighted by Crippen LogP contribution is 2.08. The van der Waals surface area contributed by atoms with E-state index < -0.39 is 24.0 Å². The summed E-state index contributed by atoms with van der Waals surface area (Å²) in [6.45, 7) is 2.87. The van der Waals surface area contributed by atoms with Crippen LogP contribution in [0.3, 0.4) is 0 Å². The van der Waals surface area contributed by atoms with Crippen LogP contribution < -0.4 is 10.6 Å². The zero-order valence-corrected chi connectivity index (χ0v) is 10.7. The quantitative estimate of drug-likeness (QED) is 0.467. The number of hydrogen-bond acceptors (Lipinski definition) is 5. The van der Waals surface area contributed by atoms with E-state index in [4.69, 9.17) is 5.11 Å². The number of carboxylic acids is 1. The Morgan fingerprint density at radius 3 is 2.79 bits per heavy atom. The molecule has 0 spiro atoms. The molecule has 0 aliphatic heterocycles. The van der Waals surface area contributed by atoms with Crippen LogP contribution in [-0.2, 0) is 4.79 Å². The number of aliphatic carboxylic acids is 1. The Morgan fingerprint density at radius 2 is 2.26 bits per heavy atom. The number of aromatic nitrogens is 3. The molecule has 0 fully saturated rings. The third kappa shape index (κ3) is 5.34. The van der Waals surface area contributed by atoms with Gasteiger partial charge in [0.15, 0.2) is 0 Å². The fourth-order valence-electron chi connectivity index (χ4n) is 1.40. The Hall–Kier alpha value is -2.16. The number of carbonyl (C=O) groups is 2. The van der Waals surface area contributed by atoms with E-state index in [1.807, 2.05) is 0 Å². The van der Waals surface area contributed by atoms with Gasteiger partial charge in [-0.15, -0.1) is 0 Å². The third-order valence-corrected chi connectivity index (χ3v) is 2.35. The molecule has 2 atom stereocenters. The molecule has 1 rings (SSSR count). The average molecular weight is 271 g/mol. The highest BCUT2D eigenvalue weighted by Gasteiger charge is 2.25. The number of H-pyrrole nitrogens is 1. The van der Waals surface area contributed by atoms with Crippen molar-refractivity contribution < 1.29 is 19.8 Å². The van der Waals surface area contributed by atoms with Gasteiger partial charge in [-0.25, -0.2) is 9.78 Å². The maximum atomic E-state index is 11.5. The second-order valence-corrected chi connectivity index (χ2v) is 4.49. The number of aliphatic hydroxyl groups is 1. The molecular weight excluding hydrogens is 254 g/mol. The molecule has 1 aromatic rings. The lowest BCUT2D eigenvalue weighted by molar-refractivity contribution is -0.141. The zero-order valence-electron chi connectivity index (χ0n) is 10.7. The molecule has 0 aliphatic carbocycles. The second kappa shape index (κ2) is 6.14. The molecular formula is C10H17N5O4. The number of urea groups is 1. The van der Waals surface area contributed by atoms with Gasteiger partial charge in [-0.1, -0.05) is 0 Å². The van der Waals surface area contributed by atoms with Crippen LogP contribution in [0, 0.1) is 0 Å². The van der Waals surface area contributed by atoms with Crippen molar-refractivity contribution in [3.8, 4) is 0 Å². The molecule has 2 unspecified atom stereocenters. The van der Waals surface area contributed by atoms with E-state index in [0.717, 1.165) is 0 Å². The van der Waals surface area contributed by atoms with Crippen molar-refractivity contribution in [2.24, 2.45) is 0 Å². The Morgan fingerprint density at radius 1 is 1.58 bits per heavy atom. The van der Waals surface area contributed by atoms with Crippen molar-refractivity contribution in [2.45, 2.75) is 31.9 Å². The van der Waals surface area contributed by atoms with E-state index >= 15 is 0 Å². The molecule has 0 aromatic carbocycles. The number of carboxylic acid groups (broad SMARTS) is 1. The number of carbonyl (C=O) groups excluding carboxylic acids is 1. The number of nitrogens with one attached hydrogen (secondary N) is 3. The predicted octanol–water partition coefficient (Wildman–Crippen LogP) is -0.609. The lowest BCUT2D eigenvalue weighted by Gasteiger charge is -2.22. The summed E-state index contributed by atoms with van der Waals surface area (Å²) in [6.07, 6.45) is 0.869. The first-order chi connectivity index (χ1) is 8.80. The van der Waals surface area contributed by atoms with Crippen LogP contribution >= 0.6 is 0 Å². The van der Waals surface area contributed by atoms with Crippen LogP contribution in [0.4, 0.5) is 4.79 Å². The lowest BCUT2D eigenvalue weighted by atomic mass is 10.0. The summed E-state index contributed by atoms with van der Waals surface area (Å²) in [7, 11) is 0. The maximum absolute atomic E-state index is 11.5. The first kappa shape index (κ1) is 14.9. The minimum absolute atomic E-state index is 0.172.